The lowest BCUT2D eigenvalue weighted by Gasteiger charge is -2.23. The molecule has 0 heterocycles. The third-order valence-corrected chi connectivity index (χ3v) is 2.46. The maximum absolute atomic E-state index is 11.0. The minimum atomic E-state index is -1.63. The minimum absolute atomic E-state index is 0.00965. The van der Waals surface area contributed by atoms with Gasteiger partial charge in [-0.2, -0.15) is 0 Å². The molecule has 1 rings (SSSR count). The zero-order valence-electron chi connectivity index (χ0n) is 10.1. The summed E-state index contributed by atoms with van der Waals surface area (Å²) < 4.78 is 5.01. The molecule has 1 aromatic carbocycles. The van der Waals surface area contributed by atoms with Crippen LogP contribution in [0.25, 0.3) is 0 Å². The quantitative estimate of drug-likeness (QED) is 0.547. The number of amides is 1. The van der Waals surface area contributed by atoms with Crippen LogP contribution in [-0.2, 0) is 4.79 Å². The van der Waals surface area contributed by atoms with Crippen LogP contribution in [0.3, 0.4) is 0 Å². The zero-order chi connectivity index (χ0) is 13.0. The van der Waals surface area contributed by atoms with Crippen LogP contribution in [0.1, 0.15) is 13.8 Å². The maximum Gasteiger partial charge on any atom is 0.492 e. The molecule has 0 aromatic heterocycles. The lowest BCUT2D eigenvalue weighted by atomic mass is 9.79. The number of carbonyl (C=O) groups is 1. The van der Waals surface area contributed by atoms with Gasteiger partial charge in [0.2, 0.25) is 6.41 Å². The number of ether oxygens (including phenoxy) is 1. The zero-order valence-corrected chi connectivity index (χ0v) is 10.1. The van der Waals surface area contributed by atoms with Crippen LogP contribution in [0.4, 0.5) is 5.69 Å². The Labute approximate surface area is 101 Å². The van der Waals surface area contributed by atoms with Gasteiger partial charge in [-0.1, -0.05) is 0 Å². The second-order valence-corrected chi connectivity index (χ2v) is 3.91. The van der Waals surface area contributed by atoms with Gasteiger partial charge in [-0.15, -0.1) is 0 Å². The van der Waals surface area contributed by atoms with E-state index in [1.165, 1.54) is 18.1 Å². The number of methoxy groups -OCH3 is 1. The molecule has 0 aliphatic rings. The van der Waals surface area contributed by atoms with Crippen molar-refractivity contribution in [3.8, 4) is 5.75 Å². The van der Waals surface area contributed by atoms with Gasteiger partial charge in [0.05, 0.1) is 7.11 Å². The van der Waals surface area contributed by atoms with Crippen molar-refractivity contribution in [2.45, 2.75) is 19.9 Å². The Morgan fingerprint density at radius 2 is 2.06 bits per heavy atom. The number of anilines is 1. The van der Waals surface area contributed by atoms with E-state index in [1.807, 2.05) is 13.8 Å². The molecule has 0 unspecified atom stereocenters. The number of hydrogen-bond donors (Lipinski definition) is 2. The molecule has 0 radical (unpaired) electrons. The predicted molar refractivity (Wildman–Crippen MR) is 66.5 cm³/mol. The summed E-state index contributed by atoms with van der Waals surface area (Å²) in [6, 6.07) is 4.81. The highest BCUT2D eigenvalue weighted by Crippen LogP contribution is 2.18. The summed E-state index contributed by atoms with van der Waals surface area (Å²) in [5, 5.41) is 18.4. The fourth-order valence-corrected chi connectivity index (χ4v) is 1.56. The normalized spacial score (nSPS) is 10.2. The third kappa shape index (κ3) is 2.98. The maximum atomic E-state index is 11.0. The minimum Gasteiger partial charge on any atom is -0.497 e. The molecule has 1 amide bonds. The van der Waals surface area contributed by atoms with Gasteiger partial charge in [-0.25, -0.2) is 0 Å². The molecule has 2 N–H and O–H groups in total. The first-order valence-corrected chi connectivity index (χ1v) is 5.29. The largest absolute Gasteiger partial charge is 0.497 e. The monoisotopic (exact) mass is 237 g/mol. The number of benzene rings is 1. The van der Waals surface area contributed by atoms with Gasteiger partial charge in [0.15, 0.2) is 0 Å². The molecule has 0 saturated heterocycles. The fourth-order valence-electron chi connectivity index (χ4n) is 1.56. The van der Waals surface area contributed by atoms with Gasteiger partial charge in [-0.3, -0.25) is 4.79 Å². The van der Waals surface area contributed by atoms with E-state index in [-0.39, 0.29) is 11.5 Å². The van der Waals surface area contributed by atoms with E-state index >= 15 is 0 Å². The first-order chi connectivity index (χ1) is 8.01. The molecule has 0 aliphatic carbocycles. The van der Waals surface area contributed by atoms with E-state index in [0.717, 1.165) is 0 Å². The third-order valence-electron chi connectivity index (χ3n) is 2.46. The number of rotatable bonds is 5. The number of nitrogens with zero attached hydrogens (tertiary/aromatic N) is 1. The smallest absolute Gasteiger partial charge is 0.492 e. The first kappa shape index (κ1) is 13.5. The van der Waals surface area contributed by atoms with Crippen LogP contribution < -0.4 is 15.1 Å². The topological polar surface area (TPSA) is 70.0 Å². The van der Waals surface area contributed by atoms with Gasteiger partial charge in [0.1, 0.15) is 5.75 Å². The molecule has 17 heavy (non-hydrogen) atoms. The molecule has 0 spiro atoms. The Morgan fingerprint density at radius 1 is 1.41 bits per heavy atom. The second-order valence-electron chi connectivity index (χ2n) is 3.91. The molecule has 0 bridgehead atoms. The van der Waals surface area contributed by atoms with Crippen molar-refractivity contribution in [1.82, 2.24) is 0 Å². The molecular weight excluding hydrogens is 221 g/mol. The van der Waals surface area contributed by atoms with E-state index in [2.05, 4.69) is 0 Å². The van der Waals surface area contributed by atoms with Crippen LogP contribution in [0.15, 0.2) is 18.2 Å². The van der Waals surface area contributed by atoms with Crippen LogP contribution in [0.5, 0.6) is 5.75 Å². The van der Waals surface area contributed by atoms with E-state index in [1.54, 1.807) is 12.1 Å². The predicted octanol–water partition coefficient (Wildman–Crippen LogP) is -0.254. The molecule has 0 fully saturated rings. The summed E-state index contributed by atoms with van der Waals surface area (Å²) in [6.07, 6.45) is 0.708. The fraction of sp³-hybridized carbons (Fsp3) is 0.364. The summed E-state index contributed by atoms with van der Waals surface area (Å²) in [6.45, 7) is 3.74. The Balaban J connectivity index is 3.19. The highest BCUT2D eigenvalue weighted by molar-refractivity contribution is 6.59. The van der Waals surface area contributed by atoms with Crippen LogP contribution in [0, 0.1) is 0 Å². The summed E-state index contributed by atoms with van der Waals surface area (Å²) in [7, 11) is -0.188. The van der Waals surface area contributed by atoms with Crippen molar-refractivity contribution in [1.29, 1.82) is 0 Å². The van der Waals surface area contributed by atoms with E-state index in [4.69, 9.17) is 4.74 Å². The standard InChI is InChI=1S/C11H16BNO4/c1-8(2)13(7-14)9-4-5-11(17-3)10(6-9)12(15)16/h4-8,15-16H,1-3H3. The van der Waals surface area contributed by atoms with Gasteiger partial charge in [0, 0.05) is 17.2 Å². The van der Waals surface area contributed by atoms with Crippen molar-refractivity contribution in [3.05, 3.63) is 18.2 Å². The number of hydrogen-bond acceptors (Lipinski definition) is 4. The summed E-state index contributed by atoms with van der Waals surface area (Å²) >= 11 is 0. The molecular formula is C11H16BNO4. The first-order valence-electron chi connectivity index (χ1n) is 5.29. The van der Waals surface area contributed by atoms with Crippen molar-refractivity contribution in [2.24, 2.45) is 0 Å². The molecule has 6 heteroatoms. The molecule has 0 saturated carbocycles. The van der Waals surface area contributed by atoms with E-state index in [9.17, 15) is 14.8 Å². The average molecular weight is 237 g/mol. The lowest BCUT2D eigenvalue weighted by Crippen LogP contribution is -2.34. The lowest BCUT2D eigenvalue weighted by molar-refractivity contribution is -0.107. The van der Waals surface area contributed by atoms with Gasteiger partial charge in [0.25, 0.3) is 0 Å². The number of carbonyl (C=O) groups excluding carboxylic acids is 1. The second kappa shape index (κ2) is 5.70. The summed E-state index contributed by atoms with van der Waals surface area (Å²) in [5.74, 6) is 0.373. The Kier molecular flexibility index (Phi) is 4.54. The van der Waals surface area contributed by atoms with Crippen molar-refractivity contribution in [2.75, 3.05) is 12.0 Å². The highest BCUT2D eigenvalue weighted by atomic mass is 16.5. The van der Waals surface area contributed by atoms with Gasteiger partial charge >= 0.3 is 7.12 Å². The highest BCUT2D eigenvalue weighted by Gasteiger charge is 2.19. The molecule has 92 valence electrons. The van der Waals surface area contributed by atoms with E-state index in [0.29, 0.717) is 17.8 Å². The van der Waals surface area contributed by atoms with E-state index < -0.39 is 7.12 Å². The average Bonchev–Trinajstić information content (AvgIpc) is 2.29. The Bertz CT molecular complexity index is 395. The van der Waals surface area contributed by atoms with Crippen molar-refractivity contribution in [3.63, 3.8) is 0 Å². The molecule has 1 aromatic rings. The van der Waals surface area contributed by atoms with Gasteiger partial charge in [-0.05, 0) is 32.0 Å². The molecule has 0 aliphatic heterocycles. The van der Waals surface area contributed by atoms with Crippen molar-refractivity contribution >= 4 is 24.7 Å². The SMILES string of the molecule is COc1ccc(N(C=O)C(C)C)cc1B(O)O. The van der Waals surface area contributed by atoms with Crippen LogP contribution >= 0.6 is 0 Å². The molecule has 5 nitrogen and oxygen atoms in total. The van der Waals surface area contributed by atoms with Crippen molar-refractivity contribution < 1.29 is 19.6 Å². The molecule has 0 atom stereocenters. The Hall–Kier alpha value is -1.53. The van der Waals surface area contributed by atoms with Crippen LogP contribution in [0.2, 0.25) is 0 Å². The van der Waals surface area contributed by atoms with Gasteiger partial charge < -0.3 is 19.7 Å². The van der Waals surface area contributed by atoms with Crippen LogP contribution in [-0.4, -0.2) is 36.7 Å². The Morgan fingerprint density at radius 3 is 2.47 bits per heavy atom. The summed E-state index contributed by atoms with van der Waals surface area (Å²) in [5.41, 5.74) is 0.830. The summed E-state index contributed by atoms with van der Waals surface area (Å²) in [4.78, 5) is 12.4.